The van der Waals surface area contributed by atoms with E-state index in [4.69, 9.17) is 0 Å². The smallest absolute Gasteiger partial charge is 0.00733 e. The third-order valence-corrected chi connectivity index (χ3v) is 3.14. The quantitative estimate of drug-likeness (QED) is 0.540. The standard InChI is InChI=1S/C14H12.2C2H6/c1-10-11-6-2-4-8-13(11)14-9-5-3-7-12(10)14;2*1-2/h2-10H,1H3;2*1-2H3. The first-order valence-electron chi connectivity index (χ1n) is 7.06. The van der Waals surface area contributed by atoms with Crippen LogP contribution >= 0.6 is 0 Å². The highest BCUT2D eigenvalue weighted by Crippen LogP contribution is 2.43. The molecule has 0 aromatic heterocycles. The summed E-state index contributed by atoms with van der Waals surface area (Å²) in [6.07, 6.45) is 0. The third-order valence-electron chi connectivity index (χ3n) is 3.14. The Bertz CT molecular complexity index is 437. The highest BCUT2D eigenvalue weighted by molar-refractivity contribution is 5.78. The normalized spacial score (nSPS) is 11.4. The molecule has 0 saturated carbocycles. The van der Waals surface area contributed by atoms with Crippen molar-refractivity contribution in [1.82, 2.24) is 0 Å². The van der Waals surface area contributed by atoms with Crippen molar-refractivity contribution in [2.24, 2.45) is 0 Å². The molecule has 0 heterocycles. The fourth-order valence-corrected chi connectivity index (χ4v) is 2.41. The largest absolute Gasteiger partial charge is 0.0683 e. The van der Waals surface area contributed by atoms with E-state index in [2.05, 4.69) is 55.5 Å². The van der Waals surface area contributed by atoms with Gasteiger partial charge in [0.25, 0.3) is 0 Å². The Morgan fingerprint density at radius 3 is 1.33 bits per heavy atom. The molecular weight excluding hydrogens is 216 g/mol. The molecule has 0 atom stereocenters. The van der Waals surface area contributed by atoms with Gasteiger partial charge in [0.1, 0.15) is 0 Å². The van der Waals surface area contributed by atoms with Gasteiger partial charge < -0.3 is 0 Å². The van der Waals surface area contributed by atoms with Gasteiger partial charge in [0, 0.05) is 5.92 Å². The topological polar surface area (TPSA) is 0 Å². The molecule has 1 aliphatic rings. The number of rotatable bonds is 0. The predicted molar refractivity (Wildman–Crippen MR) is 82.1 cm³/mol. The highest BCUT2D eigenvalue weighted by atomic mass is 14.3. The first-order valence-corrected chi connectivity index (χ1v) is 7.06. The second-order valence-electron chi connectivity index (χ2n) is 3.90. The minimum Gasteiger partial charge on any atom is -0.0683 e. The molecular formula is C18H24. The summed E-state index contributed by atoms with van der Waals surface area (Å²) in [6, 6.07) is 17.4. The van der Waals surface area contributed by atoms with Crippen molar-refractivity contribution < 1.29 is 0 Å². The molecule has 2 aromatic rings. The van der Waals surface area contributed by atoms with Gasteiger partial charge in [0.2, 0.25) is 0 Å². The number of fused-ring (bicyclic) bond motifs is 3. The SMILES string of the molecule is CC.CC.CC1c2ccccc2-c2ccccc21. The minimum absolute atomic E-state index is 0.558. The van der Waals surface area contributed by atoms with Crippen molar-refractivity contribution in [3.63, 3.8) is 0 Å². The Morgan fingerprint density at radius 2 is 0.944 bits per heavy atom. The van der Waals surface area contributed by atoms with Crippen molar-refractivity contribution in [2.45, 2.75) is 40.5 Å². The average molecular weight is 240 g/mol. The number of hydrogen-bond acceptors (Lipinski definition) is 0. The maximum Gasteiger partial charge on any atom is 0.00733 e. The van der Waals surface area contributed by atoms with E-state index >= 15 is 0 Å². The lowest BCUT2D eigenvalue weighted by Gasteiger charge is -2.04. The summed E-state index contributed by atoms with van der Waals surface area (Å²) in [5.41, 5.74) is 5.76. The Labute approximate surface area is 112 Å². The van der Waals surface area contributed by atoms with Gasteiger partial charge in [-0.05, 0) is 22.3 Å². The van der Waals surface area contributed by atoms with Crippen LogP contribution in [0.25, 0.3) is 11.1 Å². The molecule has 0 saturated heterocycles. The summed E-state index contributed by atoms with van der Waals surface area (Å²) >= 11 is 0. The molecule has 3 rings (SSSR count). The molecule has 0 heteroatoms. The molecule has 0 fully saturated rings. The van der Waals surface area contributed by atoms with Crippen LogP contribution in [-0.4, -0.2) is 0 Å². The van der Waals surface area contributed by atoms with E-state index < -0.39 is 0 Å². The lowest BCUT2D eigenvalue weighted by Crippen LogP contribution is -1.87. The van der Waals surface area contributed by atoms with Gasteiger partial charge in [-0.2, -0.15) is 0 Å². The second-order valence-corrected chi connectivity index (χ2v) is 3.90. The van der Waals surface area contributed by atoms with Crippen molar-refractivity contribution in [3.8, 4) is 11.1 Å². The molecule has 0 bridgehead atoms. The van der Waals surface area contributed by atoms with E-state index in [1.807, 2.05) is 27.7 Å². The molecule has 96 valence electrons. The number of benzene rings is 2. The van der Waals surface area contributed by atoms with E-state index in [1.165, 1.54) is 22.3 Å². The lowest BCUT2D eigenvalue weighted by molar-refractivity contribution is 0.957. The van der Waals surface area contributed by atoms with Crippen LogP contribution in [0.2, 0.25) is 0 Å². The highest BCUT2D eigenvalue weighted by Gasteiger charge is 2.23. The Morgan fingerprint density at radius 1 is 0.611 bits per heavy atom. The fourth-order valence-electron chi connectivity index (χ4n) is 2.41. The van der Waals surface area contributed by atoms with E-state index in [0.717, 1.165) is 0 Å². The first-order chi connectivity index (χ1) is 8.88. The monoisotopic (exact) mass is 240 g/mol. The summed E-state index contributed by atoms with van der Waals surface area (Å²) in [6.45, 7) is 10.3. The van der Waals surface area contributed by atoms with Crippen LogP contribution < -0.4 is 0 Å². The van der Waals surface area contributed by atoms with Crippen molar-refractivity contribution in [3.05, 3.63) is 59.7 Å². The van der Waals surface area contributed by atoms with Crippen molar-refractivity contribution >= 4 is 0 Å². The van der Waals surface area contributed by atoms with Crippen LogP contribution in [0.5, 0.6) is 0 Å². The molecule has 2 aromatic carbocycles. The van der Waals surface area contributed by atoms with Gasteiger partial charge in [0.15, 0.2) is 0 Å². The van der Waals surface area contributed by atoms with Crippen LogP contribution in [0.4, 0.5) is 0 Å². The summed E-state index contributed by atoms with van der Waals surface area (Å²) < 4.78 is 0. The number of hydrogen-bond donors (Lipinski definition) is 0. The average Bonchev–Trinajstić information content (AvgIpc) is 2.78. The zero-order valence-corrected chi connectivity index (χ0v) is 12.2. The van der Waals surface area contributed by atoms with Gasteiger partial charge in [-0.1, -0.05) is 83.1 Å². The van der Waals surface area contributed by atoms with Crippen LogP contribution in [-0.2, 0) is 0 Å². The van der Waals surface area contributed by atoms with Crippen molar-refractivity contribution in [1.29, 1.82) is 0 Å². The molecule has 0 nitrogen and oxygen atoms in total. The molecule has 1 aliphatic carbocycles. The van der Waals surface area contributed by atoms with Crippen LogP contribution in [0.3, 0.4) is 0 Å². The zero-order chi connectivity index (χ0) is 13.5. The Hall–Kier alpha value is -1.56. The molecule has 0 radical (unpaired) electrons. The van der Waals surface area contributed by atoms with Crippen LogP contribution in [0.15, 0.2) is 48.5 Å². The van der Waals surface area contributed by atoms with Gasteiger partial charge >= 0.3 is 0 Å². The van der Waals surface area contributed by atoms with Crippen molar-refractivity contribution in [2.75, 3.05) is 0 Å². The summed E-state index contributed by atoms with van der Waals surface area (Å²) in [7, 11) is 0. The van der Waals surface area contributed by atoms with E-state index in [-0.39, 0.29) is 0 Å². The van der Waals surface area contributed by atoms with Crippen LogP contribution in [0.1, 0.15) is 51.7 Å². The maximum absolute atomic E-state index is 2.28. The lowest BCUT2D eigenvalue weighted by atomic mass is 10.00. The minimum atomic E-state index is 0.558. The second kappa shape index (κ2) is 7.00. The van der Waals surface area contributed by atoms with Gasteiger partial charge in [-0.25, -0.2) is 0 Å². The molecule has 0 unspecified atom stereocenters. The predicted octanol–water partition coefficient (Wildman–Crippen LogP) is 5.87. The Kier molecular flexibility index (Phi) is 5.64. The van der Waals surface area contributed by atoms with Gasteiger partial charge in [-0.15, -0.1) is 0 Å². The molecule has 0 N–H and O–H groups in total. The first kappa shape index (κ1) is 14.5. The Balaban J connectivity index is 0.000000371. The molecule has 0 amide bonds. The third kappa shape index (κ3) is 2.48. The maximum atomic E-state index is 2.28. The van der Waals surface area contributed by atoms with E-state index in [0.29, 0.717) is 5.92 Å². The fraction of sp³-hybridized carbons (Fsp3) is 0.333. The van der Waals surface area contributed by atoms with Gasteiger partial charge in [-0.3, -0.25) is 0 Å². The molecule has 0 spiro atoms. The van der Waals surface area contributed by atoms with E-state index in [1.54, 1.807) is 0 Å². The summed E-state index contributed by atoms with van der Waals surface area (Å²) in [5.74, 6) is 0.558. The van der Waals surface area contributed by atoms with E-state index in [9.17, 15) is 0 Å². The summed E-state index contributed by atoms with van der Waals surface area (Å²) in [4.78, 5) is 0. The zero-order valence-electron chi connectivity index (χ0n) is 12.2. The van der Waals surface area contributed by atoms with Crippen LogP contribution in [0, 0.1) is 0 Å². The van der Waals surface area contributed by atoms with Gasteiger partial charge in [0.05, 0.1) is 0 Å². The molecule has 0 aliphatic heterocycles. The molecule has 18 heavy (non-hydrogen) atoms. The summed E-state index contributed by atoms with van der Waals surface area (Å²) in [5, 5.41) is 0.